The zero-order chi connectivity index (χ0) is 13.2. The van der Waals surface area contributed by atoms with Gasteiger partial charge in [-0.1, -0.05) is 37.3 Å². The van der Waals surface area contributed by atoms with Crippen molar-refractivity contribution in [3.63, 3.8) is 0 Å². The van der Waals surface area contributed by atoms with Crippen molar-refractivity contribution in [2.75, 3.05) is 0 Å². The third-order valence-corrected chi connectivity index (χ3v) is 4.57. The molecular formula is C14H18ClN3S. The first-order chi connectivity index (χ1) is 9.24. The molecular weight excluding hydrogens is 278 g/mol. The number of aryl methyl sites for hydroxylation is 1. The van der Waals surface area contributed by atoms with Crippen LogP contribution in [0.2, 0.25) is 5.02 Å². The summed E-state index contributed by atoms with van der Waals surface area (Å²) in [4.78, 5) is 7.56. The summed E-state index contributed by atoms with van der Waals surface area (Å²) in [6.45, 7) is 0.948. The van der Waals surface area contributed by atoms with E-state index in [4.69, 9.17) is 23.8 Å². The van der Waals surface area contributed by atoms with Crippen LogP contribution >= 0.6 is 23.8 Å². The van der Waals surface area contributed by atoms with Crippen molar-refractivity contribution in [3.05, 3.63) is 22.1 Å². The van der Waals surface area contributed by atoms with Gasteiger partial charge in [0.25, 0.3) is 0 Å². The van der Waals surface area contributed by atoms with Gasteiger partial charge in [0, 0.05) is 12.7 Å². The minimum absolute atomic E-state index is 0.641. The molecule has 2 aromatic rings. The van der Waals surface area contributed by atoms with E-state index < -0.39 is 0 Å². The fourth-order valence-electron chi connectivity index (χ4n) is 3.06. The van der Waals surface area contributed by atoms with Crippen molar-refractivity contribution in [1.29, 1.82) is 0 Å². The summed E-state index contributed by atoms with van der Waals surface area (Å²) in [6, 6.07) is 1.88. The van der Waals surface area contributed by atoms with E-state index >= 15 is 0 Å². The third-order valence-electron chi connectivity index (χ3n) is 4.04. The van der Waals surface area contributed by atoms with Gasteiger partial charge in [-0.15, -0.1) is 0 Å². The van der Waals surface area contributed by atoms with Crippen molar-refractivity contribution < 1.29 is 0 Å². The molecule has 2 heterocycles. The van der Waals surface area contributed by atoms with Crippen LogP contribution in [0, 0.1) is 10.7 Å². The average molecular weight is 296 g/mol. The molecule has 0 aromatic carbocycles. The number of rotatable bonds is 4. The van der Waals surface area contributed by atoms with E-state index in [1.165, 1.54) is 38.5 Å². The molecule has 0 atom stereocenters. The number of aromatic amines is 1. The standard InChI is InChI=1S/C14H18ClN3S/c15-11-8-12-13(16-9-11)18(14(19)17-12)7-3-6-10-4-1-2-5-10/h8-10H,1-7H2,(H,17,19). The molecule has 1 aliphatic rings. The van der Waals surface area contributed by atoms with E-state index in [0.29, 0.717) is 5.02 Å². The summed E-state index contributed by atoms with van der Waals surface area (Å²) >= 11 is 11.3. The molecule has 102 valence electrons. The second kappa shape index (κ2) is 5.63. The second-order valence-electron chi connectivity index (χ2n) is 5.40. The van der Waals surface area contributed by atoms with Gasteiger partial charge < -0.3 is 9.55 Å². The Kier molecular flexibility index (Phi) is 3.89. The maximum absolute atomic E-state index is 5.94. The maximum Gasteiger partial charge on any atom is 0.179 e. The van der Waals surface area contributed by atoms with Gasteiger partial charge in [-0.05, 0) is 37.0 Å². The number of imidazole rings is 1. The van der Waals surface area contributed by atoms with Gasteiger partial charge in [-0.2, -0.15) is 0 Å². The van der Waals surface area contributed by atoms with Gasteiger partial charge in [0.05, 0.1) is 10.5 Å². The third kappa shape index (κ3) is 2.84. The smallest absolute Gasteiger partial charge is 0.179 e. The van der Waals surface area contributed by atoms with E-state index in [2.05, 4.69) is 14.5 Å². The SMILES string of the molecule is S=c1[nH]c2cc(Cl)cnc2n1CCCC1CCCC1. The molecule has 1 aliphatic carbocycles. The number of fused-ring (bicyclic) bond motifs is 1. The highest BCUT2D eigenvalue weighted by molar-refractivity contribution is 7.71. The van der Waals surface area contributed by atoms with Crippen LogP contribution in [-0.2, 0) is 6.54 Å². The molecule has 0 unspecified atom stereocenters. The first-order valence-corrected chi connectivity index (χ1v) is 7.77. The van der Waals surface area contributed by atoms with E-state index in [0.717, 1.165) is 28.4 Å². The predicted molar refractivity (Wildman–Crippen MR) is 81.1 cm³/mol. The Balaban J connectivity index is 1.73. The number of hydrogen-bond donors (Lipinski definition) is 1. The number of halogens is 1. The molecule has 0 aliphatic heterocycles. The lowest BCUT2D eigenvalue weighted by Crippen LogP contribution is -2.02. The number of H-pyrrole nitrogens is 1. The van der Waals surface area contributed by atoms with E-state index in [9.17, 15) is 0 Å². The first kappa shape index (κ1) is 13.1. The zero-order valence-electron chi connectivity index (χ0n) is 10.9. The molecule has 19 heavy (non-hydrogen) atoms. The molecule has 1 saturated carbocycles. The molecule has 5 heteroatoms. The lowest BCUT2D eigenvalue weighted by Gasteiger charge is -2.09. The van der Waals surface area contributed by atoms with Crippen molar-refractivity contribution in [2.45, 2.75) is 45.1 Å². The van der Waals surface area contributed by atoms with Crippen molar-refractivity contribution in [2.24, 2.45) is 5.92 Å². The minimum Gasteiger partial charge on any atom is -0.329 e. The number of pyridine rings is 1. The van der Waals surface area contributed by atoms with Crippen molar-refractivity contribution in [3.8, 4) is 0 Å². The van der Waals surface area contributed by atoms with Crippen LogP contribution in [0.25, 0.3) is 11.2 Å². The number of nitrogens with one attached hydrogen (secondary N) is 1. The van der Waals surface area contributed by atoms with Crippen LogP contribution in [0.1, 0.15) is 38.5 Å². The van der Waals surface area contributed by atoms with Crippen LogP contribution in [0.3, 0.4) is 0 Å². The van der Waals surface area contributed by atoms with E-state index in [-0.39, 0.29) is 0 Å². The monoisotopic (exact) mass is 295 g/mol. The van der Waals surface area contributed by atoms with Crippen LogP contribution in [0.5, 0.6) is 0 Å². The Hall–Kier alpha value is -0.870. The van der Waals surface area contributed by atoms with Crippen molar-refractivity contribution in [1.82, 2.24) is 14.5 Å². The van der Waals surface area contributed by atoms with Crippen LogP contribution in [-0.4, -0.2) is 14.5 Å². The van der Waals surface area contributed by atoms with Crippen LogP contribution < -0.4 is 0 Å². The number of aromatic nitrogens is 3. The highest BCUT2D eigenvalue weighted by Crippen LogP contribution is 2.29. The lowest BCUT2D eigenvalue weighted by atomic mass is 10.0. The normalized spacial score (nSPS) is 16.5. The summed E-state index contributed by atoms with van der Waals surface area (Å²) in [5.41, 5.74) is 1.85. The van der Waals surface area contributed by atoms with Gasteiger partial charge >= 0.3 is 0 Å². The highest BCUT2D eigenvalue weighted by Gasteiger charge is 2.14. The van der Waals surface area contributed by atoms with E-state index in [1.54, 1.807) is 6.20 Å². The largest absolute Gasteiger partial charge is 0.329 e. The lowest BCUT2D eigenvalue weighted by molar-refractivity contribution is 0.459. The summed E-state index contributed by atoms with van der Waals surface area (Å²) in [5, 5.41) is 0.641. The Morgan fingerprint density at radius 3 is 3.00 bits per heavy atom. The average Bonchev–Trinajstić information content (AvgIpc) is 2.98. The summed E-state index contributed by atoms with van der Waals surface area (Å²) in [6.07, 6.45) is 9.81. The van der Waals surface area contributed by atoms with Gasteiger partial charge in [-0.25, -0.2) is 4.98 Å². The van der Waals surface area contributed by atoms with Crippen LogP contribution in [0.4, 0.5) is 0 Å². The molecule has 0 radical (unpaired) electrons. The minimum atomic E-state index is 0.641. The first-order valence-electron chi connectivity index (χ1n) is 6.98. The summed E-state index contributed by atoms with van der Waals surface area (Å²) in [5.74, 6) is 0.932. The molecule has 3 nitrogen and oxygen atoms in total. The Bertz CT molecular complexity index is 625. The molecule has 1 N–H and O–H groups in total. The quantitative estimate of drug-likeness (QED) is 0.828. The Morgan fingerprint density at radius 2 is 2.21 bits per heavy atom. The molecule has 0 saturated heterocycles. The molecule has 0 bridgehead atoms. The van der Waals surface area contributed by atoms with Gasteiger partial charge in [0.2, 0.25) is 0 Å². The molecule has 2 aromatic heterocycles. The second-order valence-corrected chi connectivity index (χ2v) is 6.22. The zero-order valence-corrected chi connectivity index (χ0v) is 12.4. The topological polar surface area (TPSA) is 33.6 Å². The molecule has 1 fully saturated rings. The summed E-state index contributed by atoms with van der Waals surface area (Å²) in [7, 11) is 0. The fourth-order valence-corrected chi connectivity index (χ4v) is 3.51. The number of nitrogens with zero attached hydrogens (tertiary/aromatic N) is 2. The van der Waals surface area contributed by atoms with Crippen LogP contribution in [0.15, 0.2) is 12.3 Å². The maximum atomic E-state index is 5.94. The fraction of sp³-hybridized carbons (Fsp3) is 0.571. The van der Waals surface area contributed by atoms with Gasteiger partial charge in [-0.3, -0.25) is 0 Å². The highest BCUT2D eigenvalue weighted by atomic mass is 35.5. The Morgan fingerprint density at radius 1 is 1.42 bits per heavy atom. The number of hydrogen-bond acceptors (Lipinski definition) is 2. The van der Waals surface area contributed by atoms with Gasteiger partial charge in [0.15, 0.2) is 10.4 Å². The van der Waals surface area contributed by atoms with E-state index in [1.807, 2.05) is 6.07 Å². The Labute approximate surface area is 123 Å². The molecule has 3 rings (SSSR count). The molecule has 0 spiro atoms. The predicted octanol–water partition coefficient (Wildman–Crippen LogP) is 4.72. The van der Waals surface area contributed by atoms with Gasteiger partial charge in [0.1, 0.15) is 0 Å². The molecule has 0 amide bonds. The summed E-state index contributed by atoms with van der Waals surface area (Å²) < 4.78 is 2.84. The van der Waals surface area contributed by atoms with Crippen molar-refractivity contribution >= 4 is 35.0 Å².